The number of nitrogens with one attached hydrogen (secondary N) is 1. The van der Waals surface area contributed by atoms with Crippen molar-refractivity contribution in [3.8, 4) is 5.75 Å². The molecule has 0 amide bonds. The van der Waals surface area contributed by atoms with Crippen molar-refractivity contribution in [2.45, 2.75) is 174 Å². The molecule has 1 heterocycles. The predicted octanol–water partition coefficient (Wildman–Crippen LogP) is 10.4. The van der Waals surface area contributed by atoms with Gasteiger partial charge in [0.05, 0.1) is 5.54 Å². The Bertz CT molecular complexity index is 864. The molecule has 0 spiro atoms. The Balaban J connectivity index is 1.81. The van der Waals surface area contributed by atoms with Gasteiger partial charge < -0.3 is 10.6 Å². The van der Waals surface area contributed by atoms with Gasteiger partial charge in [-0.25, -0.2) is 0 Å². The summed E-state index contributed by atoms with van der Waals surface area (Å²) in [6.45, 7) is 9.22. The fraction of sp³-hybridized carbons (Fsp3) is 0.778. The molecule has 1 aromatic carbocycles. The van der Waals surface area contributed by atoms with E-state index in [0.717, 1.165) is 50.2 Å². The second-order valence-electron chi connectivity index (χ2n) is 13.2. The molecule has 3 N–H and O–H groups in total. The van der Waals surface area contributed by atoms with Crippen LogP contribution < -0.4 is 16.1 Å². The highest BCUT2D eigenvalue weighted by atomic mass is 16.7. The van der Waals surface area contributed by atoms with Crippen LogP contribution in [0.15, 0.2) is 24.3 Å². The van der Waals surface area contributed by atoms with Crippen LogP contribution in [0.3, 0.4) is 0 Å². The van der Waals surface area contributed by atoms with Gasteiger partial charge in [0, 0.05) is 11.1 Å². The molecule has 3 rings (SSSR count). The molecule has 0 aromatic heterocycles. The molecular formula is C36H62N2O. The van der Waals surface area contributed by atoms with Gasteiger partial charge in [-0.2, -0.15) is 0 Å². The maximum atomic E-state index is 7.26. The van der Waals surface area contributed by atoms with E-state index in [-0.39, 0.29) is 11.1 Å². The number of allylic oxidation sites excluding steroid dienone is 1. The van der Waals surface area contributed by atoms with Crippen molar-refractivity contribution in [2.75, 3.05) is 0 Å². The van der Waals surface area contributed by atoms with E-state index in [1.165, 1.54) is 113 Å². The molecule has 1 aromatic rings. The minimum Gasteiger partial charge on any atom is -0.407 e. The minimum absolute atomic E-state index is 0.132. The van der Waals surface area contributed by atoms with Crippen molar-refractivity contribution in [2.24, 2.45) is 11.7 Å². The molecule has 0 saturated heterocycles. The summed E-state index contributed by atoms with van der Waals surface area (Å²) in [6.07, 6.45) is 31.2. The Morgan fingerprint density at radius 3 is 2.31 bits per heavy atom. The predicted molar refractivity (Wildman–Crippen MR) is 169 cm³/mol. The molecule has 3 unspecified atom stereocenters. The van der Waals surface area contributed by atoms with Crippen molar-refractivity contribution >= 4 is 0 Å². The van der Waals surface area contributed by atoms with Crippen LogP contribution in [-0.2, 0) is 12.0 Å². The quantitative estimate of drug-likeness (QED) is 0.354. The topological polar surface area (TPSA) is 47.3 Å². The lowest BCUT2D eigenvalue weighted by atomic mass is 9.78. The molecule has 39 heavy (non-hydrogen) atoms. The van der Waals surface area contributed by atoms with Gasteiger partial charge in [-0.3, -0.25) is 0 Å². The number of hydrogen-bond acceptors (Lipinski definition) is 3. The Kier molecular flexibility index (Phi) is 13.9. The Morgan fingerprint density at radius 2 is 1.59 bits per heavy atom. The van der Waals surface area contributed by atoms with Gasteiger partial charge >= 0.3 is 0 Å². The largest absolute Gasteiger partial charge is 0.407 e. The third kappa shape index (κ3) is 9.92. The van der Waals surface area contributed by atoms with Gasteiger partial charge in [-0.05, 0) is 63.4 Å². The van der Waals surface area contributed by atoms with Crippen molar-refractivity contribution < 1.29 is 4.84 Å². The molecule has 4 bridgehead atoms. The molecule has 0 radical (unpaired) electrons. The Morgan fingerprint density at radius 1 is 0.872 bits per heavy atom. The zero-order valence-corrected chi connectivity index (χ0v) is 26.2. The standard InChI is InChI=1S/C36H62N2O/c1-5-8-24-35(37)25-19-16-14-18-22-31(7-3)21-17-13-11-9-10-12-15-20-26-36(23-6-2)33-28-30(4)27-32(29-35)34(33)39-38-36/h15,20,27-28,31,38H,5-14,16-19,21-26,29,37H2,1-4H3/b20-15-. The maximum absolute atomic E-state index is 7.26. The van der Waals surface area contributed by atoms with Gasteiger partial charge in [0.1, 0.15) is 0 Å². The van der Waals surface area contributed by atoms with E-state index >= 15 is 0 Å². The first kappa shape index (κ1) is 32.2. The Labute approximate surface area is 242 Å². The summed E-state index contributed by atoms with van der Waals surface area (Å²) < 4.78 is 0. The zero-order valence-electron chi connectivity index (χ0n) is 26.2. The number of unbranched alkanes of at least 4 members (excludes halogenated alkanes) is 1. The van der Waals surface area contributed by atoms with Crippen molar-refractivity contribution in [3.63, 3.8) is 0 Å². The second kappa shape index (κ2) is 16.8. The van der Waals surface area contributed by atoms with Gasteiger partial charge in [0.15, 0.2) is 5.75 Å². The third-order valence-corrected chi connectivity index (χ3v) is 9.65. The number of nitrogens with two attached hydrogens (primary N) is 1. The molecule has 222 valence electrons. The fourth-order valence-corrected chi connectivity index (χ4v) is 7.18. The van der Waals surface area contributed by atoms with E-state index in [1.807, 2.05) is 0 Å². The van der Waals surface area contributed by atoms with Gasteiger partial charge in [-0.15, -0.1) is 5.48 Å². The fourth-order valence-electron chi connectivity index (χ4n) is 7.18. The van der Waals surface area contributed by atoms with Crippen molar-refractivity contribution in [1.82, 2.24) is 5.48 Å². The smallest absolute Gasteiger partial charge is 0.155 e. The summed E-state index contributed by atoms with van der Waals surface area (Å²) in [5, 5.41) is 0. The molecule has 3 nitrogen and oxygen atoms in total. The molecule has 3 heteroatoms. The first-order chi connectivity index (χ1) is 18.9. The van der Waals surface area contributed by atoms with Crippen LogP contribution in [0.4, 0.5) is 0 Å². The van der Waals surface area contributed by atoms with E-state index in [9.17, 15) is 0 Å². The SMILES string of the molecule is CCCCC1(N)CCCCCCC(CC)CCCCCCC/C=C\CC2(CCC)NOc3c(cc(C)cc32)C1. The lowest BCUT2D eigenvalue weighted by Crippen LogP contribution is -2.42. The summed E-state index contributed by atoms with van der Waals surface area (Å²) in [5.74, 6) is 2.00. The van der Waals surface area contributed by atoms with E-state index in [0.29, 0.717) is 0 Å². The average molecular weight is 539 g/mol. The lowest BCUT2D eigenvalue weighted by molar-refractivity contribution is 0.120. The number of benzene rings is 1. The first-order valence-corrected chi connectivity index (χ1v) is 17.0. The molecule has 2 aliphatic rings. The van der Waals surface area contributed by atoms with Crippen LogP contribution in [0.5, 0.6) is 5.75 Å². The van der Waals surface area contributed by atoms with E-state index < -0.39 is 0 Å². The Hall–Kier alpha value is -1.32. The monoisotopic (exact) mass is 538 g/mol. The van der Waals surface area contributed by atoms with E-state index in [1.54, 1.807) is 0 Å². The van der Waals surface area contributed by atoms with Crippen LogP contribution in [0.25, 0.3) is 0 Å². The summed E-state index contributed by atoms with van der Waals surface area (Å²) in [5.41, 5.74) is 14.5. The molecule has 1 aliphatic heterocycles. The maximum Gasteiger partial charge on any atom is 0.155 e. The van der Waals surface area contributed by atoms with Crippen LogP contribution in [0, 0.1) is 12.8 Å². The highest BCUT2D eigenvalue weighted by Crippen LogP contribution is 2.45. The number of rotatable bonds is 6. The second-order valence-corrected chi connectivity index (χ2v) is 13.2. The highest BCUT2D eigenvalue weighted by molar-refractivity contribution is 5.51. The highest BCUT2D eigenvalue weighted by Gasteiger charge is 2.41. The van der Waals surface area contributed by atoms with Crippen LogP contribution in [0.1, 0.15) is 166 Å². The van der Waals surface area contributed by atoms with Crippen LogP contribution in [-0.4, -0.2) is 5.54 Å². The third-order valence-electron chi connectivity index (χ3n) is 9.65. The summed E-state index contributed by atoms with van der Waals surface area (Å²) >= 11 is 0. The molecule has 1 aliphatic carbocycles. The number of aryl methyl sites for hydroxylation is 1. The van der Waals surface area contributed by atoms with Crippen LogP contribution >= 0.6 is 0 Å². The molecule has 0 fully saturated rings. The van der Waals surface area contributed by atoms with E-state index in [2.05, 4.69) is 57.5 Å². The minimum atomic E-state index is -0.155. The number of hydroxylamine groups is 1. The lowest BCUT2D eigenvalue weighted by Gasteiger charge is -2.31. The van der Waals surface area contributed by atoms with E-state index in [4.69, 9.17) is 10.6 Å². The normalized spacial score (nSPS) is 29.0. The van der Waals surface area contributed by atoms with Gasteiger partial charge in [0.25, 0.3) is 0 Å². The van der Waals surface area contributed by atoms with Crippen molar-refractivity contribution in [3.05, 3.63) is 41.0 Å². The summed E-state index contributed by atoms with van der Waals surface area (Å²) in [6, 6.07) is 4.72. The molecular weight excluding hydrogens is 476 g/mol. The summed E-state index contributed by atoms with van der Waals surface area (Å²) in [7, 11) is 0. The first-order valence-electron chi connectivity index (χ1n) is 17.0. The van der Waals surface area contributed by atoms with Gasteiger partial charge in [0.2, 0.25) is 0 Å². The average Bonchev–Trinajstić information content (AvgIpc) is 3.27. The van der Waals surface area contributed by atoms with Gasteiger partial charge in [-0.1, -0.05) is 141 Å². The zero-order chi connectivity index (χ0) is 28.0. The molecule has 0 saturated carbocycles. The van der Waals surface area contributed by atoms with Crippen molar-refractivity contribution in [1.29, 1.82) is 0 Å². The molecule has 3 atom stereocenters. The summed E-state index contributed by atoms with van der Waals surface area (Å²) in [4.78, 5) is 6.37. The van der Waals surface area contributed by atoms with Crippen LogP contribution in [0.2, 0.25) is 0 Å². The number of hydrogen-bond donors (Lipinski definition) is 2.